The number of carbonyl (C=O) groups is 3. The Labute approximate surface area is 308 Å². The fourth-order valence-electron chi connectivity index (χ4n) is 6.28. The molecule has 0 fully saturated rings. The number of nitrogens with zero attached hydrogens (tertiary/aromatic N) is 2. The molecule has 4 N–H and O–H groups in total. The van der Waals surface area contributed by atoms with Crippen LogP contribution in [0.1, 0.15) is 50.4 Å². The Bertz CT molecular complexity index is 1790. The van der Waals surface area contributed by atoms with Gasteiger partial charge in [0.05, 0.1) is 30.4 Å². The number of rotatable bonds is 7. The topological polar surface area (TPSA) is 169 Å². The highest BCUT2D eigenvalue weighted by atomic mass is 16.7. The zero-order chi connectivity index (χ0) is 37.5. The van der Waals surface area contributed by atoms with Gasteiger partial charge in [-0.05, 0) is 75.6 Å². The van der Waals surface area contributed by atoms with E-state index < -0.39 is 18.2 Å². The molecule has 284 valence electrons. The van der Waals surface area contributed by atoms with Crippen LogP contribution in [0.3, 0.4) is 0 Å². The summed E-state index contributed by atoms with van der Waals surface area (Å²) in [5.74, 6) is 2.04. The molecule has 6 rings (SSSR count). The average molecular weight is 734 g/mol. The van der Waals surface area contributed by atoms with Crippen LogP contribution in [0.25, 0.3) is 0 Å². The zero-order valence-electron chi connectivity index (χ0n) is 30.4. The van der Waals surface area contributed by atoms with Gasteiger partial charge < -0.3 is 59.3 Å². The normalized spacial score (nSPS) is 20.4. The van der Waals surface area contributed by atoms with Crippen molar-refractivity contribution in [3.05, 3.63) is 60.2 Å². The number of amides is 5. The van der Waals surface area contributed by atoms with Crippen molar-refractivity contribution < 1.29 is 47.9 Å². The van der Waals surface area contributed by atoms with Crippen LogP contribution in [-0.2, 0) is 4.74 Å². The van der Waals surface area contributed by atoms with E-state index in [0.717, 1.165) is 12.8 Å². The number of likely N-dealkylation sites (N-methyl/N-ethyl adjacent to an activating group) is 1. The number of hydrogen-bond acceptors (Lipinski definition) is 10. The highest BCUT2D eigenvalue weighted by molar-refractivity contribution is 6.02. The first-order valence-corrected chi connectivity index (χ1v) is 17.8. The summed E-state index contributed by atoms with van der Waals surface area (Å²) in [4.78, 5) is 43.9. The molecule has 0 aromatic heterocycles. The van der Waals surface area contributed by atoms with Gasteiger partial charge in [-0.1, -0.05) is 6.92 Å². The van der Waals surface area contributed by atoms with Crippen molar-refractivity contribution in [3.63, 3.8) is 0 Å². The molecule has 15 heteroatoms. The molecule has 3 aliphatic rings. The smallest absolute Gasteiger partial charge is 0.323 e. The van der Waals surface area contributed by atoms with E-state index in [9.17, 15) is 19.5 Å². The number of hydrogen-bond donors (Lipinski definition) is 4. The first kappa shape index (κ1) is 37.4. The predicted octanol–water partition coefficient (Wildman–Crippen LogP) is 5.75. The molecular weight excluding hydrogens is 686 g/mol. The van der Waals surface area contributed by atoms with Crippen molar-refractivity contribution in [2.45, 2.75) is 58.3 Å². The lowest BCUT2D eigenvalue weighted by Gasteiger charge is -2.35. The van der Waals surface area contributed by atoms with Crippen molar-refractivity contribution >= 4 is 35.0 Å². The molecule has 0 aliphatic carbocycles. The fraction of sp³-hybridized carbons (Fsp3) is 0.447. The number of carbonyl (C=O) groups excluding carboxylic acids is 3. The number of urea groups is 2. The van der Waals surface area contributed by atoms with Crippen LogP contribution in [0.4, 0.5) is 26.7 Å². The molecule has 0 unspecified atom stereocenters. The van der Waals surface area contributed by atoms with Crippen molar-refractivity contribution in [2.24, 2.45) is 5.92 Å². The van der Waals surface area contributed by atoms with Crippen LogP contribution in [0.15, 0.2) is 54.6 Å². The minimum Gasteiger partial charge on any atom is -0.490 e. The minimum absolute atomic E-state index is 0.116. The summed E-state index contributed by atoms with van der Waals surface area (Å²) >= 11 is 0. The highest BCUT2D eigenvalue weighted by Gasteiger charge is 2.31. The lowest BCUT2D eigenvalue weighted by Crippen LogP contribution is -2.48. The number of nitrogens with one attached hydrogen (secondary N) is 3. The van der Waals surface area contributed by atoms with E-state index in [1.807, 2.05) is 13.8 Å². The number of ether oxygens (including phenoxy) is 6. The van der Waals surface area contributed by atoms with Gasteiger partial charge in [0.15, 0.2) is 23.0 Å². The van der Waals surface area contributed by atoms with E-state index in [-0.39, 0.29) is 62.8 Å². The molecule has 3 aromatic carbocycles. The van der Waals surface area contributed by atoms with Crippen molar-refractivity contribution in [1.29, 1.82) is 0 Å². The fourth-order valence-corrected chi connectivity index (χ4v) is 6.28. The van der Waals surface area contributed by atoms with Gasteiger partial charge in [-0.2, -0.15) is 0 Å². The second-order valence-corrected chi connectivity index (χ2v) is 13.5. The van der Waals surface area contributed by atoms with Crippen LogP contribution in [-0.4, -0.2) is 98.1 Å². The molecule has 0 radical (unpaired) electrons. The van der Waals surface area contributed by atoms with E-state index in [1.54, 1.807) is 78.4 Å². The summed E-state index contributed by atoms with van der Waals surface area (Å²) < 4.78 is 34.3. The van der Waals surface area contributed by atoms with Gasteiger partial charge in [0.1, 0.15) is 5.75 Å². The van der Waals surface area contributed by atoms with Gasteiger partial charge in [-0.25, -0.2) is 9.59 Å². The van der Waals surface area contributed by atoms with Crippen LogP contribution < -0.4 is 39.6 Å². The molecular formula is C38H47N5O10. The predicted molar refractivity (Wildman–Crippen MR) is 196 cm³/mol. The van der Waals surface area contributed by atoms with E-state index in [0.29, 0.717) is 58.8 Å². The van der Waals surface area contributed by atoms with Crippen molar-refractivity contribution in [2.75, 3.05) is 62.9 Å². The van der Waals surface area contributed by atoms with Gasteiger partial charge in [0.2, 0.25) is 13.6 Å². The molecule has 3 aromatic rings. The number of aliphatic hydroxyl groups excluding tert-OH is 1. The number of aliphatic hydroxyl groups is 1. The molecule has 53 heavy (non-hydrogen) atoms. The van der Waals surface area contributed by atoms with Crippen molar-refractivity contribution in [3.8, 4) is 28.7 Å². The molecule has 5 amide bonds. The molecule has 3 aliphatic heterocycles. The Morgan fingerprint density at radius 2 is 1.43 bits per heavy atom. The van der Waals surface area contributed by atoms with E-state index in [1.165, 1.54) is 0 Å². The number of anilines is 3. The molecule has 3 heterocycles. The molecule has 0 saturated heterocycles. The zero-order valence-corrected chi connectivity index (χ0v) is 30.4. The second-order valence-electron chi connectivity index (χ2n) is 13.5. The lowest BCUT2D eigenvalue weighted by molar-refractivity contribution is -0.0115. The summed E-state index contributed by atoms with van der Waals surface area (Å²) in [6.07, 6.45) is 1.64. The standard InChI is InChI=1S/C38H47N5O10/c1-23-18-43(24(2)20-44)36(45)29-15-26(39-37(46)40-27-9-12-31-33(16-27)51-21-49-31)8-11-30(29)53-25(3)7-5-6-14-48-35(23)19-42(4)38(47)41-28-10-13-32-34(17-28)52-22-50-32/h8-13,15-17,23-25,35,44H,5-7,14,18-22H2,1-4H3,(H,41,47)(H2,39,40,46)/t23-,24-,25+,35-/m0/s1. The molecule has 0 bridgehead atoms. The van der Waals surface area contributed by atoms with Gasteiger partial charge >= 0.3 is 12.1 Å². The van der Waals surface area contributed by atoms with Gasteiger partial charge in [0, 0.05) is 61.9 Å². The molecule has 0 saturated carbocycles. The maximum Gasteiger partial charge on any atom is 0.323 e. The maximum atomic E-state index is 14.5. The maximum absolute atomic E-state index is 14.5. The summed E-state index contributed by atoms with van der Waals surface area (Å²) in [6, 6.07) is 13.8. The monoisotopic (exact) mass is 733 g/mol. The number of benzene rings is 3. The summed E-state index contributed by atoms with van der Waals surface area (Å²) in [7, 11) is 1.69. The summed E-state index contributed by atoms with van der Waals surface area (Å²) in [6.45, 7) is 6.54. The van der Waals surface area contributed by atoms with Crippen molar-refractivity contribution in [1.82, 2.24) is 9.80 Å². The van der Waals surface area contributed by atoms with Gasteiger partial charge in [-0.15, -0.1) is 0 Å². The minimum atomic E-state index is -0.568. The van der Waals surface area contributed by atoms with E-state index >= 15 is 0 Å². The SMILES string of the molecule is C[C@@H]1CCCCO[C@@H](CN(C)C(=O)Nc2ccc3c(c2)OCO3)[C@@H](C)CN([C@@H](C)CO)C(=O)c2cc(NC(=O)Nc3ccc4c(c3)OCO4)ccc2O1. The second kappa shape index (κ2) is 16.9. The largest absolute Gasteiger partial charge is 0.490 e. The third-order valence-electron chi connectivity index (χ3n) is 9.36. The highest BCUT2D eigenvalue weighted by Crippen LogP contribution is 2.35. The first-order valence-electron chi connectivity index (χ1n) is 17.8. The van der Waals surface area contributed by atoms with Crippen LogP contribution in [0.2, 0.25) is 0 Å². The Morgan fingerprint density at radius 3 is 2.08 bits per heavy atom. The Balaban J connectivity index is 1.19. The van der Waals surface area contributed by atoms with E-state index in [4.69, 9.17) is 28.4 Å². The molecule has 4 atom stereocenters. The van der Waals surface area contributed by atoms with Crippen LogP contribution >= 0.6 is 0 Å². The molecule has 0 spiro atoms. The van der Waals surface area contributed by atoms with E-state index in [2.05, 4.69) is 16.0 Å². The quantitative estimate of drug-likeness (QED) is 0.235. The molecule has 15 nitrogen and oxygen atoms in total. The summed E-state index contributed by atoms with van der Waals surface area (Å²) in [5.41, 5.74) is 1.67. The Kier molecular flexibility index (Phi) is 11.9. The van der Waals surface area contributed by atoms with Crippen LogP contribution in [0, 0.1) is 5.92 Å². The van der Waals surface area contributed by atoms with Gasteiger partial charge in [-0.3, -0.25) is 4.79 Å². The lowest BCUT2D eigenvalue weighted by atomic mass is 10.0. The Hall–Kier alpha value is -5.41. The Morgan fingerprint density at radius 1 is 0.849 bits per heavy atom. The third-order valence-corrected chi connectivity index (χ3v) is 9.36. The average Bonchev–Trinajstić information content (AvgIpc) is 3.82. The first-order chi connectivity index (χ1) is 25.6. The number of fused-ring (bicyclic) bond motifs is 3. The summed E-state index contributed by atoms with van der Waals surface area (Å²) in [5, 5.41) is 18.8. The van der Waals surface area contributed by atoms with Gasteiger partial charge in [0.25, 0.3) is 5.91 Å². The third kappa shape index (κ3) is 9.34. The van der Waals surface area contributed by atoms with Crippen LogP contribution in [0.5, 0.6) is 28.7 Å².